The van der Waals surface area contributed by atoms with Crippen molar-refractivity contribution in [2.75, 3.05) is 17.4 Å². The predicted octanol–water partition coefficient (Wildman–Crippen LogP) is -1.07. The van der Waals surface area contributed by atoms with Crippen molar-refractivity contribution in [2.24, 2.45) is 5.84 Å². The Balaban J connectivity index is 2.70. The van der Waals surface area contributed by atoms with Crippen LogP contribution in [0.25, 0.3) is 0 Å². The van der Waals surface area contributed by atoms with Crippen LogP contribution in [0.2, 0.25) is 0 Å². The minimum Gasteiger partial charge on any atom is -0.347 e. The number of nitrogens with zero attached hydrogens (tertiary/aromatic N) is 2. The fourth-order valence-corrected chi connectivity index (χ4v) is 2.33. The lowest BCUT2D eigenvalue weighted by molar-refractivity contribution is 0.0938. The lowest BCUT2D eigenvalue weighted by Crippen LogP contribution is -2.37. The number of hydrogen-bond donors (Lipinski definition) is 3. The molecule has 8 nitrogen and oxygen atoms in total. The van der Waals surface area contributed by atoms with Crippen LogP contribution < -0.4 is 16.6 Å². The minimum absolute atomic E-state index is 0.0609. The fraction of sp³-hybridized carbons (Fsp3) is 0.444. The van der Waals surface area contributed by atoms with Gasteiger partial charge < -0.3 is 10.7 Å². The zero-order chi connectivity index (χ0) is 13.8. The molecule has 1 aromatic heterocycles. The van der Waals surface area contributed by atoms with Crippen molar-refractivity contribution >= 4 is 21.6 Å². The molecule has 1 unspecified atom stereocenters. The third kappa shape index (κ3) is 4.63. The molecule has 9 heteroatoms. The molecule has 0 saturated carbocycles. The van der Waals surface area contributed by atoms with Gasteiger partial charge in [0.1, 0.15) is 15.5 Å². The van der Waals surface area contributed by atoms with Crippen molar-refractivity contribution in [3.63, 3.8) is 0 Å². The second kappa shape index (κ2) is 5.74. The molecule has 0 aromatic carbocycles. The maximum absolute atomic E-state index is 11.7. The molecular weight excluding hydrogens is 258 g/mol. The van der Waals surface area contributed by atoms with Crippen LogP contribution >= 0.6 is 0 Å². The Kier molecular flexibility index (Phi) is 4.56. The third-order valence-corrected chi connectivity index (χ3v) is 3.05. The maximum atomic E-state index is 11.7. The van der Waals surface area contributed by atoms with Crippen molar-refractivity contribution < 1.29 is 13.2 Å². The van der Waals surface area contributed by atoms with E-state index < -0.39 is 21.8 Å². The number of rotatable bonds is 5. The molecule has 0 fully saturated rings. The summed E-state index contributed by atoms with van der Waals surface area (Å²) in [7, 11) is -3.15. The summed E-state index contributed by atoms with van der Waals surface area (Å²) in [6.07, 6.45) is 3.73. The van der Waals surface area contributed by atoms with Crippen LogP contribution in [0.3, 0.4) is 0 Å². The molecular formula is C9H15N5O3S. The molecule has 18 heavy (non-hydrogen) atoms. The molecule has 0 spiro atoms. The Bertz CT molecular complexity index is 531. The molecule has 4 N–H and O–H groups in total. The van der Waals surface area contributed by atoms with Gasteiger partial charge in [0.2, 0.25) is 0 Å². The normalized spacial score (nSPS) is 12.8. The molecule has 0 saturated heterocycles. The summed E-state index contributed by atoms with van der Waals surface area (Å²) < 4.78 is 22.1. The molecule has 1 atom stereocenters. The molecule has 0 aliphatic rings. The van der Waals surface area contributed by atoms with Gasteiger partial charge in [-0.2, -0.15) is 0 Å². The first-order valence-corrected chi connectivity index (χ1v) is 7.15. The van der Waals surface area contributed by atoms with E-state index in [2.05, 4.69) is 20.7 Å². The van der Waals surface area contributed by atoms with E-state index in [0.29, 0.717) is 0 Å². The van der Waals surface area contributed by atoms with Gasteiger partial charge in [-0.05, 0) is 6.92 Å². The summed E-state index contributed by atoms with van der Waals surface area (Å²) in [4.78, 5) is 19.4. The Hall–Kier alpha value is -1.74. The van der Waals surface area contributed by atoms with Crippen molar-refractivity contribution in [2.45, 2.75) is 13.0 Å². The molecule has 1 amide bonds. The van der Waals surface area contributed by atoms with Crippen LogP contribution in [0.15, 0.2) is 12.4 Å². The quantitative estimate of drug-likeness (QED) is 0.460. The zero-order valence-corrected chi connectivity index (χ0v) is 10.9. The molecule has 1 aromatic rings. The number of nitrogens with one attached hydrogen (secondary N) is 2. The summed E-state index contributed by atoms with van der Waals surface area (Å²) in [5.41, 5.74) is 2.33. The number of hydrazine groups is 1. The first-order chi connectivity index (χ1) is 8.31. The lowest BCUT2D eigenvalue weighted by atomic mass is 10.3. The van der Waals surface area contributed by atoms with Crippen LogP contribution in [0.4, 0.5) is 5.82 Å². The highest BCUT2D eigenvalue weighted by atomic mass is 32.2. The second-order valence-corrected chi connectivity index (χ2v) is 6.09. The van der Waals surface area contributed by atoms with Gasteiger partial charge in [0.25, 0.3) is 5.91 Å². The number of nitrogens with two attached hydrogens (primary N) is 1. The van der Waals surface area contributed by atoms with Gasteiger partial charge in [-0.25, -0.2) is 19.2 Å². The Labute approximate surface area is 105 Å². The number of carbonyl (C=O) groups excluding carboxylic acids is 1. The molecule has 0 aliphatic carbocycles. The molecule has 0 aliphatic heterocycles. The highest BCUT2D eigenvalue weighted by Gasteiger charge is 2.15. The molecule has 100 valence electrons. The molecule has 1 heterocycles. The van der Waals surface area contributed by atoms with E-state index in [9.17, 15) is 13.2 Å². The highest BCUT2D eigenvalue weighted by Crippen LogP contribution is 2.01. The van der Waals surface area contributed by atoms with Gasteiger partial charge in [-0.15, -0.1) is 0 Å². The van der Waals surface area contributed by atoms with Crippen LogP contribution in [0, 0.1) is 0 Å². The number of hydrogen-bond acceptors (Lipinski definition) is 7. The Morgan fingerprint density at radius 2 is 2.17 bits per heavy atom. The van der Waals surface area contributed by atoms with Gasteiger partial charge in [0.15, 0.2) is 5.82 Å². The van der Waals surface area contributed by atoms with Crippen LogP contribution in [-0.2, 0) is 9.84 Å². The Morgan fingerprint density at radius 1 is 1.50 bits per heavy atom. The maximum Gasteiger partial charge on any atom is 0.271 e. The summed E-state index contributed by atoms with van der Waals surface area (Å²) in [6.45, 7) is 1.59. The molecule has 1 rings (SSSR count). The SMILES string of the molecule is CC(CS(C)(=O)=O)NC(=O)c1cncc(NN)n1. The van der Waals surface area contributed by atoms with Gasteiger partial charge >= 0.3 is 0 Å². The van der Waals surface area contributed by atoms with Crippen molar-refractivity contribution in [3.8, 4) is 0 Å². The summed E-state index contributed by atoms with van der Waals surface area (Å²) >= 11 is 0. The summed E-state index contributed by atoms with van der Waals surface area (Å²) in [6, 6.07) is -0.510. The number of nitrogen functional groups attached to an aromatic ring is 1. The van der Waals surface area contributed by atoms with Crippen molar-refractivity contribution in [1.29, 1.82) is 0 Å². The molecule has 0 radical (unpaired) electrons. The van der Waals surface area contributed by atoms with Crippen LogP contribution in [0.5, 0.6) is 0 Å². The number of amides is 1. The number of carbonyl (C=O) groups is 1. The highest BCUT2D eigenvalue weighted by molar-refractivity contribution is 7.90. The minimum atomic E-state index is -3.15. The number of aromatic nitrogens is 2. The van der Waals surface area contributed by atoms with E-state index in [4.69, 9.17) is 5.84 Å². The van der Waals surface area contributed by atoms with E-state index >= 15 is 0 Å². The summed E-state index contributed by atoms with van der Waals surface area (Å²) in [5.74, 6) is 4.75. The number of anilines is 1. The van der Waals surface area contributed by atoms with E-state index in [1.54, 1.807) is 6.92 Å². The summed E-state index contributed by atoms with van der Waals surface area (Å²) in [5, 5.41) is 2.51. The first-order valence-electron chi connectivity index (χ1n) is 5.09. The van der Waals surface area contributed by atoms with Gasteiger partial charge in [0, 0.05) is 12.3 Å². The zero-order valence-electron chi connectivity index (χ0n) is 10.0. The third-order valence-electron chi connectivity index (χ3n) is 1.95. The van der Waals surface area contributed by atoms with Crippen molar-refractivity contribution in [3.05, 3.63) is 18.1 Å². The van der Waals surface area contributed by atoms with E-state index in [1.807, 2.05) is 0 Å². The average Bonchev–Trinajstić information content (AvgIpc) is 2.26. The van der Waals surface area contributed by atoms with Crippen molar-refractivity contribution in [1.82, 2.24) is 15.3 Å². The topological polar surface area (TPSA) is 127 Å². The largest absolute Gasteiger partial charge is 0.347 e. The van der Waals surface area contributed by atoms with E-state index in [1.165, 1.54) is 12.4 Å². The van der Waals surface area contributed by atoms with E-state index in [0.717, 1.165) is 6.26 Å². The Morgan fingerprint density at radius 3 is 2.72 bits per heavy atom. The monoisotopic (exact) mass is 273 g/mol. The standard InChI is InChI=1S/C9H15N5O3S/c1-6(5-18(2,16)17)12-9(15)7-3-11-4-8(13-7)14-10/h3-4,6H,5,10H2,1-2H3,(H,12,15)(H,13,14). The smallest absolute Gasteiger partial charge is 0.271 e. The van der Waals surface area contributed by atoms with Crippen LogP contribution in [-0.4, -0.2) is 42.3 Å². The molecule has 0 bridgehead atoms. The van der Waals surface area contributed by atoms with Gasteiger partial charge in [0.05, 0.1) is 18.1 Å². The lowest BCUT2D eigenvalue weighted by Gasteiger charge is -2.12. The second-order valence-electron chi connectivity index (χ2n) is 3.90. The predicted molar refractivity (Wildman–Crippen MR) is 66.5 cm³/mol. The van der Waals surface area contributed by atoms with Gasteiger partial charge in [-0.3, -0.25) is 9.78 Å². The van der Waals surface area contributed by atoms with Gasteiger partial charge in [-0.1, -0.05) is 0 Å². The van der Waals surface area contributed by atoms with Crippen LogP contribution in [0.1, 0.15) is 17.4 Å². The number of sulfone groups is 1. The van der Waals surface area contributed by atoms with E-state index in [-0.39, 0.29) is 17.3 Å². The fourth-order valence-electron chi connectivity index (χ4n) is 1.34. The first kappa shape index (κ1) is 14.3. The average molecular weight is 273 g/mol.